The molecule has 6 nitrogen and oxygen atoms in total. The summed E-state index contributed by atoms with van der Waals surface area (Å²) in [6.07, 6.45) is 1.85. The van der Waals surface area contributed by atoms with Crippen LogP contribution in [0.25, 0.3) is 0 Å². The van der Waals surface area contributed by atoms with Crippen molar-refractivity contribution < 1.29 is 0 Å². The third kappa shape index (κ3) is 4.24. The minimum Gasteiger partial charge on any atom is -0.354 e. The Morgan fingerprint density at radius 1 is 1.07 bits per heavy atom. The number of aryl methyl sites for hydroxylation is 1. The lowest BCUT2D eigenvalue weighted by Gasteiger charge is -2.35. The van der Waals surface area contributed by atoms with Gasteiger partial charge in [-0.2, -0.15) is 0 Å². The van der Waals surface area contributed by atoms with Gasteiger partial charge >= 0.3 is 0 Å². The quantitative estimate of drug-likeness (QED) is 0.634. The van der Waals surface area contributed by atoms with Crippen LogP contribution in [0, 0.1) is 17.8 Å². The SMILES string of the molecule is Cc1cccc(Nc2nn(CN3CCN(c4ccccn4)CC3)c(=S)s2)c1C. The van der Waals surface area contributed by atoms with E-state index in [9.17, 15) is 0 Å². The summed E-state index contributed by atoms with van der Waals surface area (Å²) in [5.41, 5.74) is 3.58. The minimum atomic E-state index is 0.722. The van der Waals surface area contributed by atoms with Gasteiger partial charge in [0.2, 0.25) is 5.13 Å². The van der Waals surface area contributed by atoms with Crippen molar-refractivity contribution in [2.45, 2.75) is 20.5 Å². The topological polar surface area (TPSA) is 49.2 Å². The fourth-order valence-electron chi connectivity index (χ4n) is 3.30. The molecule has 146 valence electrons. The van der Waals surface area contributed by atoms with E-state index in [0.717, 1.165) is 53.4 Å². The summed E-state index contributed by atoms with van der Waals surface area (Å²) in [7, 11) is 0. The van der Waals surface area contributed by atoms with Gasteiger partial charge in [-0.25, -0.2) is 9.67 Å². The molecule has 3 aromatic rings. The van der Waals surface area contributed by atoms with E-state index in [0.29, 0.717) is 0 Å². The van der Waals surface area contributed by atoms with Crippen molar-refractivity contribution in [1.82, 2.24) is 19.7 Å². The zero-order valence-electron chi connectivity index (χ0n) is 16.1. The van der Waals surface area contributed by atoms with Crippen LogP contribution < -0.4 is 10.2 Å². The van der Waals surface area contributed by atoms with E-state index in [-0.39, 0.29) is 0 Å². The molecule has 0 bridgehead atoms. The van der Waals surface area contributed by atoms with Crippen molar-refractivity contribution in [3.63, 3.8) is 0 Å². The summed E-state index contributed by atoms with van der Waals surface area (Å²) >= 11 is 7.07. The van der Waals surface area contributed by atoms with Gasteiger partial charge in [-0.15, -0.1) is 5.10 Å². The number of nitrogens with one attached hydrogen (secondary N) is 1. The molecule has 0 atom stereocenters. The van der Waals surface area contributed by atoms with Gasteiger partial charge in [-0.3, -0.25) is 4.90 Å². The third-order valence-corrected chi connectivity index (χ3v) is 6.36. The van der Waals surface area contributed by atoms with Crippen molar-refractivity contribution in [2.75, 3.05) is 36.4 Å². The molecule has 28 heavy (non-hydrogen) atoms. The number of nitrogens with zero attached hydrogens (tertiary/aromatic N) is 5. The van der Waals surface area contributed by atoms with E-state index in [1.165, 1.54) is 22.5 Å². The second kappa shape index (κ2) is 8.38. The molecule has 0 amide bonds. The molecule has 2 aromatic heterocycles. The first kappa shape index (κ1) is 19.0. The molecule has 0 radical (unpaired) electrons. The van der Waals surface area contributed by atoms with Crippen molar-refractivity contribution in [1.29, 1.82) is 0 Å². The molecule has 1 aromatic carbocycles. The predicted molar refractivity (Wildman–Crippen MR) is 118 cm³/mol. The van der Waals surface area contributed by atoms with Gasteiger partial charge in [0.1, 0.15) is 5.82 Å². The molecule has 0 unspecified atom stereocenters. The van der Waals surface area contributed by atoms with Gasteiger partial charge < -0.3 is 10.2 Å². The number of aromatic nitrogens is 3. The second-order valence-corrected chi connectivity index (χ2v) is 8.60. The van der Waals surface area contributed by atoms with Crippen LogP contribution in [-0.2, 0) is 6.67 Å². The lowest BCUT2D eigenvalue weighted by molar-refractivity contribution is 0.195. The molecular formula is C20H24N6S2. The van der Waals surface area contributed by atoms with Gasteiger partial charge in [0.05, 0.1) is 6.67 Å². The number of hydrogen-bond acceptors (Lipinski definition) is 7. The lowest BCUT2D eigenvalue weighted by atomic mass is 10.1. The molecule has 1 saturated heterocycles. The second-order valence-electron chi connectivity index (χ2n) is 6.98. The van der Waals surface area contributed by atoms with E-state index < -0.39 is 0 Å². The molecular weight excluding hydrogens is 388 g/mol. The van der Waals surface area contributed by atoms with E-state index in [4.69, 9.17) is 17.3 Å². The number of benzene rings is 1. The van der Waals surface area contributed by atoms with Crippen LogP contribution in [0.5, 0.6) is 0 Å². The fraction of sp³-hybridized carbons (Fsp3) is 0.350. The van der Waals surface area contributed by atoms with Crippen LogP contribution in [0.3, 0.4) is 0 Å². The molecule has 4 rings (SSSR count). The Labute approximate surface area is 174 Å². The normalized spacial score (nSPS) is 15.0. The third-order valence-electron chi connectivity index (χ3n) is 5.13. The summed E-state index contributed by atoms with van der Waals surface area (Å²) < 4.78 is 2.71. The standard InChI is InChI=1S/C20H24N6S2/c1-15-6-5-7-17(16(15)2)22-19-23-26(20(27)28-19)14-24-10-12-25(13-11-24)18-8-3-4-9-21-18/h3-9H,10-14H2,1-2H3,(H,22,23). The van der Waals surface area contributed by atoms with Crippen molar-refractivity contribution >= 4 is 40.2 Å². The highest BCUT2D eigenvalue weighted by atomic mass is 32.1. The zero-order chi connectivity index (χ0) is 19.5. The number of rotatable bonds is 5. The molecule has 0 aliphatic carbocycles. The van der Waals surface area contributed by atoms with E-state index in [1.54, 1.807) is 0 Å². The van der Waals surface area contributed by atoms with Crippen LogP contribution in [0.4, 0.5) is 16.6 Å². The Bertz CT molecular complexity index is 989. The smallest absolute Gasteiger partial charge is 0.209 e. The van der Waals surface area contributed by atoms with Crippen molar-refractivity contribution in [3.05, 3.63) is 57.7 Å². The molecule has 1 fully saturated rings. The molecule has 1 aliphatic heterocycles. The van der Waals surface area contributed by atoms with Gasteiger partial charge in [0.25, 0.3) is 0 Å². The molecule has 1 aliphatic rings. The van der Waals surface area contributed by atoms with Gasteiger partial charge in [0.15, 0.2) is 3.95 Å². The van der Waals surface area contributed by atoms with E-state index in [2.05, 4.69) is 58.2 Å². The maximum atomic E-state index is 5.55. The van der Waals surface area contributed by atoms with Crippen LogP contribution >= 0.6 is 23.6 Å². The number of pyridine rings is 1. The monoisotopic (exact) mass is 412 g/mol. The average Bonchev–Trinajstić information content (AvgIpc) is 3.05. The Kier molecular flexibility index (Phi) is 5.70. The van der Waals surface area contributed by atoms with Crippen LogP contribution in [0.1, 0.15) is 11.1 Å². The highest BCUT2D eigenvalue weighted by molar-refractivity contribution is 7.73. The Balaban J connectivity index is 1.38. The highest BCUT2D eigenvalue weighted by Crippen LogP contribution is 2.25. The summed E-state index contributed by atoms with van der Waals surface area (Å²) in [6, 6.07) is 12.3. The molecule has 1 N–H and O–H groups in total. The first-order valence-corrected chi connectivity index (χ1v) is 10.6. The largest absolute Gasteiger partial charge is 0.354 e. The minimum absolute atomic E-state index is 0.722. The Morgan fingerprint density at radius 3 is 2.64 bits per heavy atom. The highest BCUT2D eigenvalue weighted by Gasteiger charge is 2.19. The maximum absolute atomic E-state index is 5.55. The fourth-order valence-corrected chi connectivity index (χ4v) is 4.30. The van der Waals surface area contributed by atoms with E-state index in [1.807, 2.05) is 23.0 Å². The number of hydrogen-bond donors (Lipinski definition) is 1. The van der Waals surface area contributed by atoms with Crippen molar-refractivity contribution in [2.24, 2.45) is 0 Å². The predicted octanol–water partition coefficient (Wildman–Crippen LogP) is 4.21. The van der Waals surface area contributed by atoms with Crippen molar-refractivity contribution in [3.8, 4) is 0 Å². The lowest BCUT2D eigenvalue weighted by Crippen LogP contribution is -2.47. The molecule has 0 spiro atoms. The summed E-state index contributed by atoms with van der Waals surface area (Å²) in [4.78, 5) is 9.16. The first-order chi connectivity index (χ1) is 13.6. The number of piperazine rings is 1. The molecule has 3 heterocycles. The first-order valence-electron chi connectivity index (χ1n) is 9.40. The van der Waals surface area contributed by atoms with Gasteiger partial charge in [0, 0.05) is 38.1 Å². The average molecular weight is 413 g/mol. The zero-order valence-corrected chi connectivity index (χ0v) is 17.8. The Hall–Kier alpha value is -2.29. The van der Waals surface area contributed by atoms with E-state index >= 15 is 0 Å². The molecule has 8 heteroatoms. The number of anilines is 3. The van der Waals surface area contributed by atoms with Gasteiger partial charge in [-0.05, 0) is 55.4 Å². The van der Waals surface area contributed by atoms with Crippen LogP contribution in [0.15, 0.2) is 42.6 Å². The summed E-state index contributed by atoms with van der Waals surface area (Å²) in [5.74, 6) is 1.05. The summed E-state index contributed by atoms with van der Waals surface area (Å²) in [6.45, 7) is 8.82. The maximum Gasteiger partial charge on any atom is 0.209 e. The van der Waals surface area contributed by atoms with Crippen LogP contribution in [0.2, 0.25) is 0 Å². The van der Waals surface area contributed by atoms with Gasteiger partial charge in [-0.1, -0.05) is 29.5 Å². The Morgan fingerprint density at radius 2 is 1.89 bits per heavy atom. The summed E-state index contributed by atoms with van der Waals surface area (Å²) in [5, 5.41) is 8.96. The van der Waals surface area contributed by atoms with Crippen LogP contribution in [-0.4, -0.2) is 45.8 Å². The molecule has 0 saturated carbocycles.